The molecule has 3 heteroatoms. The first-order chi connectivity index (χ1) is 3.95. The predicted molar refractivity (Wildman–Crippen MR) is 41.1 cm³/mol. The monoisotopic (exact) mass is 149 g/mol. The third kappa shape index (κ3) is 5.83. The van der Waals surface area contributed by atoms with Crippen LogP contribution in [0.15, 0.2) is 0 Å². The molecule has 0 aromatic rings. The van der Waals surface area contributed by atoms with Gasteiger partial charge >= 0.3 is 0 Å². The van der Waals surface area contributed by atoms with Crippen molar-refractivity contribution < 1.29 is 4.21 Å². The van der Waals surface area contributed by atoms with Crippen LogP contribution in [0.3, 0.4) is 0 Å². The van der Waals surface area contributed by atoms with E-state index >= 15 is 0 Å². The summed E-state index contributed by atoms with van der Waals surface area (Å²) >= 11 is 0. The fourth-order valence-electron chi connectivity index (χ4n) is 0.661. The molecule has 0 amide bonds. The van der Waals surface area contributed by atoms with Crippen LogP contribution in [0.4, 0.5) is 0 Å². The highest BCUT2D eigenvalue weighted by Crippen LogP contribution is 2.03. The van der Waals surface area contributed by atoms with Crippen LogP contribution in [0, 0.1) is 10.7 Å². The Hall–Kier alpha value is -0.0500. The summed E-state index contributed by atoms with van der Waals surface area (Å²) in [7, 11) is -2.24. The average Bonchev–Trinajstić information content (AvgIpc) is 1.62. The van der Waals surface area contributed by atoms with Crippen LogP contribution in [0.25, 0.3) is 0 Å². The minimum atomic E-state index is -2.24. The molecule has 0 aromatic carbocycles. The van der Waals surface area contributed by atoms with Crippen LogP contribution < -0.4 is 0 Å². The molecule has 0 saturated carbocycles. The van der Waals surface area contributed by atoms with Crippen molar-refractivity contribution in [3.8, 4) is 0 Å². The number of rotatable bonds is 3. The summed E-state index contributed by atoms with van der Waals surface area (Å²) in [5, 5.41) is 0. The molecule has 9 heavy (non-hydrogen) atoms. The standard InChI is InChI=1S/C6H15NOS/c1-4-6(2)5-9(3,7)8/h6-7H,4-5H2,1-3H3. The lowest BCUT2D eigenvalue weighted by molar-refractivity contribution is 0.613. The van der Waals surface area contributed by atoms with Crippen molar-refractivity contribution in [2.45, 2.75) is 20.3 Å². The maximum absolute atomic E-state index is 10.8. The first kappa shape index (κ1) is 8.95. The molecular weight excluding hydrogens is 134 g/mol. The van der Waals surface area contributed by atoms with Crippen molar-refractivity contribution in [2.24, 2.45) is 5.92 Å². The third-order valence-electron chi connectivity index (χ3n) is 1.30. The minimum absolute atomic E-state index is 0.431. The molecule has 1 N–H and O–H groups in total. The second-order valence-electron chi connectivity index (χ2n) is 2.69. The van der Waals surface area contributed by atoms with Gasteiger partial charge in [0, 0.05) is 21.7 Å². The summed E-state index contributed by atoms with van der Waals surface area (Å²) in [5.41, 5.74) is 0. The summed E-state index contributed by atoms with van der Waals surface area (Å²) in [6, 6.07) is 0. The zero-order valence-corrected chi connectivity index (χ0v) is 7.12. The predicted octanol–water partition coefficient (Wildman–Crippen LogP) is 1.71. The van der Waals surface area contributed by atoms with Gasteiger partial charge in [-0.2, -0.15) is 0 Å². The maximum Gasteiger partial charge on any atom is 0.0414 e. The SMILES string of the molecule is CCC(C)CS(C)(=N)=O. The van der Waals surface area contributed by atoms with E-state index in [1.54, 1.807) is 0 Å². The lowest BCUT2D eigenvalue weighted by Crippen LogP contribution is -2.09. The van der Waals surface area contributed by atoms with E-state index in [0.717, 1.165) is 6.42 Å². The third-order valence-corrected chi connectivity index (χ3v) is 2.50. The Morgan fingerprint density at radius 2 is 2.11 bits per heavy atom. The summed E-state index contributed by atoms with van der Waals surface area (Å²) in [5.74, 6) is 0.976. The summed E-state index contributed by atoms with van der Waals surface area (Å²) in [6.45, 7) is 4.08. The van der Waals surface area contributed by atoms with Crippen molar-refractivity contribution >= 4 is 9.73 Å². The molecule has 0 aliphatic heterocycles. The van der Waals surface area contributed by atoms with E-state index < -0.39 is 9.73 Å². The maximum atomic E-state index is 10.8. The quantitative estimate of drug-likeness (QED) is 0.652. The van der Waals surface area contributed by atoms with Crippen LogP contribution in [0.5, 0.6) is 0 Å². The Morgan fingerprint density at radius 3 is 2.22 bits per heavy atom. The Labute approximate surface area is 57.6 Å². The fourth-order valence-corrected chi connectivity index (χ4v) is 1.98. The van der Waals surface area contributed by atoms with Gasteiger partial charge in [-0.3, -0.25) is 8.99 Å². The van der Waals surface area contributed by atoms with Crippen molar-refractivity contribution in [3.63, 3.8) is 0 Å². The van der Waals surface area contributed by atoms with Crippen molar-refractivity contribution in [3.05, 3.63) is 0 Å². The number of nitrogens with one attached hydrogen (secondary N) is 1. The Balaban J connectivity index is 3.75. The molecule has 0 saturated heterocycles. The molecule has 0 rings (SSSR count). The van der Waals surface area contributed by atoms with Crippen LogP contribution in [0.1, 0.15) is 20.3 Å². The van der Waals surface area contributed by atoms with Crippen LogP contribution in [-0.2, 0) is 9.73 Å². The van der Waals surface area contributed by atoms with E-state index in [1.807, 2.05) is 6.92 Å². The Kier molecular flexibility index (Phi) is 3.18. The van der Waals surface area contributed by atoms with Gasteiger partial charge in [-0.05, 0) is 5.92 Å². The first-order valence-electron chi connectivity index (χ1n) is 3.17. The smallest absolute Gasteiger partial charge is 0.0414 e. The number of hydrogen-bond donors (Lipinski definition) is 1. The zero-order chi connectivity index (χ0) is 7.49. The van der Waals surface area contributed by atoms with Crippen molar-refractivity contribution in [1.82, 2.24) is 0 Å². The Bertz CT molecular complexity index is 160. The topological polar surface area (TPSA) is 40.9 Å². The van der Waals surface area contributed by atoms with E-state index in [9.17, 15) is 4.21 Å². The highest BCUT2D eigenvalue weighted by molar-refractivity contribution is 7.91. The summed E-state index contributed by atoms with van der Waals surface area (Å²) < 4.78 is 17.9. The molecule has 0 spiro atoms. The minimum Gasteiger partial charge on any atom is -0.253 e. The molecule has 2 nitrogen and oxygen atoms in total. The van der Waals surface area contributed by atoms with Crippen molar-refractivity contribution in [1.29, 1.82) is 4.78 Å². The second-order valence-corrected chi connectivity index (χ2v) is 5.03. The van der Waals surface area contributed by atoms with Gasteiger partial charge < -0.3 is 0 Å². The van der Waals surface area contributed by atoms with Gasteiger partial charge in [0.05, 0.1) is 0 Å². The van der Waals surface area contributed by atoms with Crippen LogP contribution in [0.2, 0.25) is 0 Å². The van der Waals surface area contributed by atoms with E-state index in [0.29, 0.717) is 11.7 Å². The lowest BCUT2D eigenvalue weighted by atomic mass is 10.2. The molecule has 0 heterocycles. The average molecular weight is 149 g/mol. The zero-order valence-electron chi connectivity index (χ0n) is 6.31. The molecule has 56 valence electrons. The van der Waals surface area contributed by atoms with E-state index in [4.69, 9.17) is 4.78 Å². The second kappa shape index (κ2) is 3.20. The fraction of sp³-hybridized carbons (Fsp3) is 1.00. The molecule has 2 atom stereocenters. The highest BCUT2D eigenvalue weighted by Gasteiger charge is 2.03. The van der Waals surface area contributed by atoms with Gasteiger partial charge in [0.15, 0.2) is 0 Å². The van der Waals surface area contributed by atoms with Gasteiger partial charge in [-0.25, -0.2) is 0 Å². The lowest BCUT2D eigenvalue weighted by Gasteiger charge is -2.06. The van der Waals surface area contributed by atoms with Gasteiger partial charge in [0.2, 0.25) is 0 Å². The molecule has 0 aliphatic carbocycles. The van der Waals surface area contributed by atoms with E-state index in [-0.39, 0.29) is 0 Å². The molecule has 0 aliphatic rings. The largest absolute Gasteiger partial charge is 0.253 e. The number of hydrogen-bond acceptors (Lipinski definition) is 2. The molecule has 0 radical (unpaired) electrons. The van der Waals surface area contributed by atoms with E-state index in [2.05, 4.69) is 6.92 Å². The van der Waals surface area contributed by atoms with Crippen LogP contribution in [-0.4, -0.2) is 16.2 Å². The molecule has 2 unspecified atom stereocenters. The normalized spacial score (nSPS) is 20.8. The first-order valence-corrected chi connectivity index (χ1v) is 5.30. The summed E-state index contributed by atoms with van der Waals surface area (Å²) in [4.78, 5) is 0. The molecule has 0 bridgehead atoms. The van der Waals surface area contributed by atoms with Gasteiger partial charge in [0.1, 0.15) is 0 Å². The summed E-state index contributed by atoms with van der Waals surface area (Å²) in [6.07, 6.45) is 2.52. The molecular formula is C6H15NOS. The van der Waals surface area contributed by atoms with Gasteiger partial charge in [-0.1, -0.05) is 20.3 Å². The highest BCUT2D eigenvalue weighted by atomic mass is 32.2. The Morgan fingerprint density at radius 1 is 1.67 bits per heavy atom. The van der Waals surface area contributed by atoms with Crippen LogP contribution >= 0.6 is 0 Å². The van der Waals surface area contributed by atoms with Gasteiger partial charge in [-0.15, -0.1) is 0 Å². The molecule has 0 fully saturated rings. The van der Waals surface area contributed by atoms with E-state index in [1.165, 1.54) is 6.26 Å². The van der Waals surface area contributed by atoms with Gasteiger partial charge in [0.25, 0.3) is 0 Å². The molecule has 0 aromatic heterocycles. The van der Waals surface area contributed by atoms with Crippen molar-refractivity contribution in [2.75, 3.05) is 12.0 Å².